The van der Waals surface area contributed by atoms with E-state index in [2.05, 4.69) is 34.6 Å². The van der Waals surface area contributed by atoms with Crippen LogP contribution in [-0.2, 0) is 6.54 Å². The highest BCUT2D eigenvalue weighted by molar-refractivity contribution is 14.0. The number of aromatic nitrogens is 1. The second kappa shape index (κ2) is 12.4. The minimum Gasteiger partial charge on any atom is -0.497 e. The lowest BCUT2D eigenvalue weighted by molar-refractivity contribution is 0.308. The molecule has 0 aliphatic rings. The second-order valence-electron chi connectivity index (χ2n) is 6.11. The smallest absolute Gasteiger partial charge is 0.191 e. The van der Waals surface area contributed by atoms with Crippen LogP contribution < -0.4 is 20.1 Å². The Morgan fingerprint density at radius 1 is 1.22 bits per heavy atom. The molecule has 0 aliphatic heterocycles. The summed E-state index contributed by atoms with van der Waals surface area (Å²) in [5.41, 5.74) is 0.958. The van der Waals surface area contributed by atoms with Crippen molar-refractivity contribution in [2.24, 2.45) is 4.99 Å². The summed E-state index contributed by atoms with van der Waals surface area (Å²) in [6.45, 7) is 6.07. The van der Waals surface area contributed by atoms with Crippen LogP contribution in [0, 0.1) is 0 Å². The topological polar surface area (TPSA) is 80.9 Å². The molecule has 0 spiro atoms. The van der Waals surface area contributed by atoms with Gasteiger partial charge in [0.2, 0.25) is 0 Å². The van der Waals surface area contributed by atoms with Crippen molar-refractivity contribution < 1.29 is 14.0 Å². The molecule has 2 rings (SSSR count). The number of nitrogens with one attached hydrogen (secondary N) is 2. The third kappa shape index (κ3) is 8.06. The fourth-order valence-electron chi connectivity index (χ4n) is 2.24. The van der Waals surface area contributed by atoms with Crippen LogP contribution in [0.2, 0.25) is 0 Å². The fraction of sp³-hybridized carbons (Fsp3) is 0.474. The number of benzene rings is 1. The Hall–Kier alpha value is -1.97. The Morgan fingerprint density at radius 3 is 2.67 bits per heavy atom. The second-order valence-corrected chi connectivity index (χ2v) is 6.11. The molecule has 1 aromatic carbocycles. The zero-order chi connectivity index (χ0) is 18.8. The van der Waals surface area contributed by atoms with E-state index in [1.54, 1.807) is 14.2 Å². The van der Waals surface area contributed by atoms with Gasteiger partial charge in [0.15, 0.2) is 11.7 Å². The minimum absolute atomic E-state index is 0. The van der Waals surface area contributed by atoms with Gasteiger partial charge in [0.25, 0.3) is 0 Å². The van der Waals surface area contributed by atoms with Crippen LogP contribution in [0.25, 0.3) is 0 Å². The molecule has 0 saturated carbocycles. The SMILES string of the molecule is CN=C(NCCCOc1cccc(OC)c1)NCc1cc(C(C)C)no1.I. The molecule has 0 aliphatic carbocycles. The Balaban J connectivity index is 0.00000364. The molecule has 0 bridgehead atoms. The van der Waals surface area contributed by atoms with Crippen molar-refractivity contribution >= 4 is 29.9 Å². The molecule has 2 N–H and O–H groups in total. The van der Waals surface area contributed by atoms with Crippen molar-refractivity contribution in [3.05, 3.63) is 41.8 Å². The van der Waals surface area contributed by atoms with Gasteiger partial charge in [-0.3, -0.25) is 4.99 Å². The maximum absolute atomic E-state index is 5.71. The summed E-state index contributed by atoms with van der Waals surface area (Å²) < 4.78 is 16.2. The lowest BCUT2D eigenvalue weighted by Crippen LogP contribution is -2.37. The van der Waals surface area contributed by atoms with Crippen molar-refractivity contribution in [3.63, 3.8) is 0 Å². The molecule has 0 saturated heterocycles. The number of halogens is 1. The number of hydrogen-bond acceptors (Lipinski definition) is 5. The first-order valence-electron chi connectivity index (χ1n) is 8.79. The quantitative estimate of drug-likeness (QED) is 0.243. The highest BCUT2D eigenvalue weighted by Gasteiger charge is 2.08. The zero-order valence-corrected chi connectivity index (χ0v) is 18.7. The van der Waals surface area contributed by atoms with Crippen LogP contribution in [0.5, 0.6) is 11.5 Å². The normalized spacial score (nSPS) is 11.1. The van der Waals surface area contributed by atoms with E-state index in [1.807, 2.05) is 30.3 Å². The van der Waals surface area contributed by atoms with E-state index < -0.39 is 0 Å². The maximum Gasteiger partial charge on any atom is 0.191 e. The van der Waals surface area contributed by atoms with Crippen LogP contribution in [0.15, 0.2) is 39.8 Å². The van der Waals surface area contributed by atoms with Gasteiger partial charge in [-0.1, -0.05) is 25.1 Å². The van der Waals surface area contributed by atoms with Crippen molar-refractivity contribution in [1.82, 2.24) is 15.8 Å². The average molecular weight is 488 g/mol. The van der Waals surface area contributed by atoms with Gasteiger partial charge >= 0.3 is 0 Å². The molecule has 1 aromatic heterocycles. The van der Waals surface area contributed by atoms with Crippen LogP contribution in [-0.4, -0.2) is 38.4 Å². The highest BCUT2D eigenvalue weighted by atomic mass is 127. The minimum atomic E-state index is 0. The van der Waals surface area contributed by atoms with Gasteiger partial charge < -0.3 is 24.6 Å². The zero-order valence-electron chi connectivity index (χ0n) is 16.3. The summed E-state index contributed by atoms with van der Waals surface area (Å²) in [6.07, 6.45) is 0.845. The van der Waals surface area contributed by atoms with E-state index in [4.69, 9.17) is 14.0 Å². The number of aliphatic imine (C=N–C) groups is 1. The van der Waals surface area contributed by atoms with Gasteiger partial charge in [0.05, 0.1) is 26.0 Å². The number of methoxy groups -OCH3 is 1. The molecule has 0 radical (unpaired) electrons. The van der Waals surface area contributed by atoms with Gasteiger partial charge in [0.1, 0.15) is 11.5 Å². The average Bonchev–Trinajstić information content (AvgIpc) is 3.13. The molecule has 7 nitrogen and oxygen atoms in total. The summed E-state index contributed by atoms with van der Waals surface area (Å²) in [4.78, 5) is 4.20. The molecule has 150 valence electrons. The maximum atomic E-state index is 5.71. The van der Waals surface area contributed by atoms with Crippen molar-refractivity contribution in [2.75, 3.05) is 27.3 Å². The number of nitrogens with zero attached hydrogens (tertiary/aromatic N) is 2. The number of ether oxygens (including phenoxy) is 2. The number of rotatable bonds is 9. The Kier molecular flexibility index (Phi) is 10.6. The van der Waals surface area contributed by atoms with Gasteiger partial charge in [-0.2, -0.15) is 0 Å². The molecule has 0 amide bonds. The van der Waals surface area contributed by atoms with E-state index in [-0.39, 0.29) is 24.0 Å². The molecule has 2 aromatic rings. The molecular formula is C19H29IN4O3. The first-order valence-corrected chi connectivity index (χ1v) is 8.79. The largest absolute Gasteiger partial charge is 0.497 e. The third-order valence-corrected chi connectivity index (χ3v) is 3.75. The Labute approximate surface area is 177 Å². The van der Waals surface area contributed by atoms with Gasteiger partial charge in [-0.25, -0.2) is 0 Å². The van der Waals surface area contributed by atoms with Crippen molar-refractivity contribution in [2.45, 2.75) is 32.7 Å². The van der Waals surface area contributed by atoms with Crippen molar-refractivity contribution in [3.8, 4) is 11.5 Å². The first-order chi connectivity index (χ1) is 12.6. The van der Waals surface area contributed by atoms with E-state index in [0.29, 0.717) is 25.0 Å². The van der Waals surface area contributed by atoms with E-state index in [9.17, 15) is 0 Å². The van der Waals surface area contributed by atoms with Gasteiger partial charge in [-0.05, 0) is 24.5 Å². The fourth-order valence-corrected chi connectivity index (χ4v) is 2.24. The summed E-state index contributed by atoms with van der Waals surface area (Å²) >= 11 is 0. The molecule has 8 heteroatoms. The van der Waals surface area contributed by atoms with Crippen molar-refractivity contribution in [1.29, 1.82) is 0 Å². The summed E-state index contributed by atoms with van der Waals surface area (Å²) in [5.74, 6) is 3.46. The predicted molar refractivity (Wildman–Crippen MR) is 117 cm³/mol. The molecule has 27 heavy (non-hydrogen) atoms. The summed E-state index contributed by atoms with van der Waals surface area (Å²) in [5, 5.41) is 10.5. The van der Waals surface area contributed by atoms with E-state index >= 15 is 0 Å². The lowest BCUT2D eigenvalue weighted by Gasteiger charge is -2.11. The van der Waals surface area contributed by atoms with Gasteiger partial charge in [0, 0.05) is 25.7 Å². The molecule has 0 atom stereocenters. The van der Waals surface area contributed by atoms with Crippen LogP contribution in [0.1, 0.15) is 37.6 Å². The monoisotopic (exact) mass is 488 g/mol. The Morgan fingerprint density at radius 2 is 2.00 bits per heavy atom. The number of guanidine groups is 1. The third-order valence-electron chi connectivity index (χ3n) is 3.75. The standard InChI is InChI=1S/C19H28N4O3.HI/c1-14(2)18-12-17(26-23-18)13-22-19(20-3)21-9-6-10-25-16-8-5-7-15(11-16)24-4;/h5,7-8,11-12,14H,6,9-10,13H2,1-4H3,(H2,20,21,22);1H. The molecule has 1 heterocycles. The first kappa shape index (κ1) is 23.1. The predicted octanol–water partition coefficient (Wildman–Crippen LogP) is 3.56. The van der Waals surface area contributed by atoms with Crippen LogP contribution >= 0.6 is 24.0 Å². The summed E-state index contributed by atoms with van der Waals surface area (Å²) in [6, 6.07) is 9.55. The molecular weight excluding hydrogens is 459 g/mol. The lowest BCUT2D eigenvalue weighted by atomic mass is 10.1. The van der Waals surface area contributed by atoms with Crippen LogP contribution in [0.3, 0.4) is 0 Å². The van der Waals surface area contributed by atoms with Gasteiger partial charge in [-0.15, -0.1) is 24.0 Å². The van der Waals surface area contributed by atoms with E-state index in [1.165, 1.54) is 0 Å². The molecule has 0 unspecified atom stereocenters. The van der Waals surface area contributed by atoms with Crippen LogP contribution in [0.4, 0.5) is 0 Å². The van der Waals surface area contributed by atoms with E-state index in [0.717, 1.165) is 35.9 Å². The number of hydrogen-bond donors (Lipinski definition) is 2. The molecule has 0 fully saturated rings. The summed E-state index contributed by atoms with van der Waals surface area (Å²) in [7, 11) is 3.38. The highest BCUT2D eigenvalue weighted by Crippen LogP contribution is 2.18. The Bertz CT molecular complexity index is 704.